The zero-order chi connectivity index (χ0) is 24.4. The number of rotatable bonds is 6. The van der Waals surface area contributed by atoms with E-state index >= 15 is 0 Å². The highest BCUT2D eigenvalue weighted by Gasteiger charge is 2.34. The molecule has 1 saturated heterocycles. The van der Waals surface area contributed by atoms with Gasteiger partial charge in [-0.05, 0) is 48.1 Å². The number of aromatic nitrogens is 3. The molecular weight excluding hydrogens is 462 g/mol. The van der Waals surface area contributed by atoms with Gasteiger partial charge in [-0.2, -0.15) is 0 Å². The van der Waals surface area contributed by atoms with Gasteiger partial charge in [-0.1, -0.05) is 62.4 Å². The Bertz CT molecular complexity index is 1280. The summed E-state index contributed by atoms with van der Waals surface area (Å²) >= 11 is 0. The molecule has 2 heterocycles. The van der Waals surface area contributed by atoms with Gasteiger partial charge in [0.15, 0.2) is 0 Å². The average Bonchev–Trinajstić information content (AvgIpc) is 3.52. The number of likely N-dealkylation sites (tertiary alicyclic amines) is 1. The van der Waals surface area contributed by atoms with E-state index in [0.717, 1.165) is 31.0 Å². The lowest BCUT2D eigenvalue weighted by atomic mass is 9.80. The SMILES string of the molecule is NS(=O)(=O)c1ccc(-n2nc(C(=O)N3CCC(C4CCCCC4)C3)nc2Cc2ccccc2)cc1. The van der Waals surface area contributed by atoms with Crippen LogP contribution in [-0.4, -0.2) is 47.1 Å². The first kappa shape index (κ1) is 23.7. The summed E-state index contributed by atoms with van der Waals surface area (Å²) < 4.78 is 25.0. The highest BCUT2D eigenvalue weighted by atomic mass is 32.2. The van der Waals surface area contributed by atoms with Crippen molar-refractivity contribution in [2.75, 3.05) is 13.1 Å². The predicted molar refractivity (Wildman–Crippen MR) is 133 cm³/mol. The van der Waals surface area contributed by atoms with E-state index in [1.165, 1.54) is 44.2 Å². The zero-order valence-corrected chi connectivity index (χ0v) is 20.5. The van der Waals surface area contributed by atoms with E-state index in [9.17, 15) is 13.2 Å². The van der Waals surface area contributed by atoms with Crippen LogP contribution in [-0.2, 0) is 16.4 Å². The number of carbonyl (C=O) groups is 1. The standard InChI is InChI=1S/C26H31N5O3S/c27-35(33,34)23-13-11-22(12-14-23)31-24(17-19-7-3-1-4-8-19)28-25(29-31)26(32)30-16-15-21(18-30)20-9-5-2-6-10-20/h1,3-4,7-8,11-14,20-21H,2,5-6,9-10,15-18H2,(H2,27,33,34). The summed E-state index contributed by atoms with van der Waals surface area (Å²) in [4.78, 5) is 20.0. The van der Waals surface area contributed by atoms with Crippen molar-refractivity contribution in [2.24, 2.45) is 17.0 Å². The fourth-order valence-corrected chi connectivity index (χ4v) is 5.93. The Morgan fingerprint density at radius 2 is 1.66 bits per heavy atom. The second-order valence-corrected chi connectivity index (χ2v) is 11.2. The van der Waals surface area contributed by atoms with Gasteiger partial charge >= 0.3 is 0 Å². The van der Waals surface area contributed by atoms with Crippen LogP contribution in [0.1, 0.15) is 60.5 Å². The van der Waals surface area contributed by atoms with Crippen LogP contribution in [0.25, 0.3) is 5.69 Å². The van der Waals surface area contributed by atoms with Crippen molar-refractivity contribution in [3.05, 3.63) is 71.8 Å². The third-order valence-corrected chi connectivity index (χ3v) is 8.24. The van der Waals surface area contributed by atoms with Gasteiger partial charge in [0.25, 0.3) is 5.91 Å². The minimum atomic E-state index is -3.80. The molecule has 2 N–H and O–H groups in total. The molecule has 2 aromatic carbocycles. The van der Waals surface area contributed by atoms with Crippen molar-refractivity contribution in [1.29, 1.82) is 0 Å². The summed E-state index contributed by atoms with van der Waals surface area (Å²) in [5.74, 6) is 1.94. The zero-order valence-electron chi connectivity index (χ0n) is 19.7. The first-order valence-corrected chi connectivity index (χ1v) is 13.9. The summed E-state index contributed by atoms with van der Waals surface area (Å²) in [6, 6.07) is 16.0. The molecule has 1 aromatic heterocycles. The van der Waals surface area contributed by atoms with Crippen molar-refractivity contribution in [1.82, 2.24) is 19.7 Å². The molecule has 1 aliphatic heterocycles. The van der Waals surface area contributed by atoms with Crippen molar-refractivity contribution >= 4 is 15.9 Å². The van der Waals surface area contributed by atoms with Crippen molar-refractivity contribution < 1.29 is 13.2 Å². The number of amides is 1. The summed E-state index contributed by atoms with van der Waals surface area (Å²) in [6.45, 7) is 1.51. The van der Waals surface area contributed by atoms with E-state index in [0.29, 0.717) is 23.9 Å². The van der Waals surface area contributed by atoms with Crippen LogP contribution in [0.3, 0.4) is 0 Å². The molecule has 184 valence electrons. The highest BCUT2D eigenvalue weighted by Crippen LogP contribution is 2.35. The fraction of sp³-hybridized carbons (Fsp3) is 0.423. The lowest BCUT2D eigenvalue weighted by Gasteiger charge is -2.27. The van der Waals surface area contributed by atoms with E-state index in [2.05, 4.69) is 10.1 Å². The van der Waals surface area contributed by atoms with Gasteiger partial charge in [-0.15, -0.1) is 5.10 Å². The van der Waals surface area contributed by atoms with Crippen LogP contribution in [0, 0.1) is 11.8 Å². The van der Waals surface area contributed by atoms with E-state index in [1.54, 1.807) is 16.8 Å². The Kier molecular flexibility index (Phi) is 6.71. The quantitative estimate of drug-likeness (QED) is 0.565. The lowest BCUT2D eigenvalue weighted by Crippen LogP contribution is -2.31. The van der Waals surface area contributed by atoms with E-state index in [1.807, 2.05) is 35.2 Å². The number of hydrogen-bond donors (Lipinski definition) is 1. The van der Waals surface area contributed by atoms with Crippen molar-refractivity contribution in [3.63, 3.8) is 0 Å². The van der Waals surface area contributed by atoms with Crippen LogP contribution in [0.2, 0.25) is 0 Å². The Balaban J connectivity index is 1.41. The monoisotopic (exact) mass is 493 g/mol. The number of benzene rings is 2. The number of nitrogens with two attached hydrogens (primary N) is 1. The molecule has 9 heteroatoms. The first-order chi connectivity index (χ1) is 16.9. The average molecular weight is 494 g/mol. The molecule has 2 aliphatic rings. The molecule has 0 spiro atoms. The van der Waals surface area contributed by atoms with Gasteiger partial charge < -0.3 is 4.90 Å². The minimum Gasteiger partial charge on any atom is -0.336 e. The summed E-state index contributed by atoms with van der Waals surface area (Å²) in [5, 5.41) is 9.83. The molecule has 1 saturated carbocycles. The normalized spacial score (nSPS) is 19.2. The Morgan fingerprint density at radius 3 is 2.34 bits per heavy atom. The second-order valence-electron chi connectivity index (χ2n) is 9.66. The van der Waals surface area contributed by atoms with E-state index in [-0.39, 0.29) is 16.6 Å². The molecule has 1 aliphatic carbocycles. The molecule has 0 radical (unpaired) electrons. The maximum atomic E-state index is 13.4. The third-order valence-electron chi connectivity index (χ3n) is 7.31. The largest absolute Gasteiger partial charge is 0.336 e. The Morgan fingerprint density at radius 1 is 0.943 bits per heavy atom. The van der Waals surface area contributed by atoms with Gasteiger partial charge in [0, 0.05) is 19.5 Å². The summed E-state index contributed by atoms with van der Waals surface area (Å²) in [7, 11) is -3.80. The van der Waals surface area contributed by atoms with Crippen LogP contribution in [0.15, 0.2) is 59.5 Å². The molecule has 0 bridgehead atoms. The molecule has 5 rings (SSSR count). The van der Waals surface area contributed by atoms with E-state index in [4.69, 9.17) is 5.14 Å². The number of carbonyl (C=O) groups excluding carboxylic acids is 1. The van der Waals surface area contributed by atoms with Crippen LogP contribution in [0.4, 0.5) is 0 Å². The topological polar surface area (TPSA) is 111 Å². The fourth-order valence-electron chi connectivity index (χ4n) is 5.42. The number of primary sulfonamides is 1. The predicted octanol–water partition coefficient (Wildman–Crippen LogP) is 3.55. The number of hydrogen-bond acceptors (Lipinski definition) is 5. The van der Waals surface area contributed by atoms with Crippen molar-refractivity contribution in [3.8, 4) is 5.69 Å². The lowest BCUT2D eigenvalue weighted by molar-refractivity contribution is 0.0767. The third kappa shape index (κ3) is 5.31. The van der Waals surface area contributed by atoms with Gasteiger partial charge in [0.1, 0.15) is 5.82 Å². The Hall–Kier alpha value is -3.04. The highest BCUT2D eigenvalue weighted by molar-refractivity contribution is 7.89. The van der Waals surface area contributed by atoms with Gasteiger partial charge in [-0.25, -0.2) is 23.2 Å². The van der Waals surface area contributed by atoms with Crippen molar-refractivity contribution in [2.45, 2.75) is 49.8 Å². The molecule has 1 atom stereocenters. The molecule has 3 aromatic rings. The van der Waals surface area contributed by atoms with Crippen LogP contribution >= 0.6 is 0 Å². The van der Waals surface area contributed by atoms with Crippen LogP contribution < -0.4 is 5.14 Å². The van der Waals surface area contributed by atoms with E-state index < -0.39 is 10.0 Å². The molecule has 35 heavy (non-hydrogen) atoms. The first-order valence-electron chi connectivity index (χ1n) is 12.3. The smallest absolute Gasteiger partial charge is 0.293 e. The summed E-state index contributed by atoms with van der Waals surface area (Å²) in [5.41, 5.74) is 1.66. The maximum Gasteiger partial charge on any atom is 0.293 e. The van der Waals surface area contributed by atoms with Crippen LogP contribution in [0.5, 0.6) is 0 Å². The minimum absolute atomic E-state index is 0.0214. The second kappa shape index (κ2) is 9.91. The van der Waals surface area contributed by atoms with Gasteiger partial charge in [-0.3, -0.25) is 4.79 Å². The maximum absolute atomic E-state index is 13.4. The molecule has 2 fully saturated rings. The molecule has 1 amide bonds. The van der Waals surface area contributed by atoms with Gasteiger partial charge in [0.2, 0.25) is 15.8 Å². The number of nitrogens with zero attached hydrogens (tertiary/aromatic N) is 4. The molecule has 1 unspecified atom stereocenters. The summed E-state index contributed by atoms with van der Waals surface area (Å²) in [6.07, 6.45) is 8.01. The Labute approximate surface area is 206 Å². The molecular formula is C26H31N5O3S. The van der Waals surface area contributed by atoms with Gasteiger partial charge in [0.05, 0.1) is 10.6 Å². The molecule has 8 nitrogen and oxygen atoms in total. The number of sulfonamides is 1.